The van der Waals surface area contributed by atoms with E-state index in [1.165, 1.54) is 6.92 Å². The van der Waals surface area contributed by atoms with Crippen molar-refractivity contribution in [2.24, 2.45) is 0 Å². The first-order chi connectivity index (χ1) is 13.4. The van der Waals surface area contributed by atoms with Crippen LogP contribution in [0.25, 0.3) is 0 Å². The number of hydrogen-bond acceptors (Lipinski definition) is 5. The Hall–Kier alpha value is -2.51. The average Bonchev–Trinajstić information content (AvgIpc) is 2.68. The van der Waals surface area contributed by atoms with Crippen LogP contribution in [0.5, 0.6) is 0 Å². The Balaban J connectivity index is 1.86. The SMILES string of the molecule is CCNC(=O)NC(=O)C(C)OC(=O)c1ccc(CSc2ccc(Cl)cc2)cc1. The molecule has 0 fully saturated rings. The number of amides is 3. The van der Waals surface area contributed by atoms with Crippen molar-refractivity contribution < 1.29 is 19.1 Å². The monoisotopic (exact) mass is 420 g/mol. The fourth-order valence-corrected chi connectivity index (χ4v) is 3.12. The summed E-state index contributed by atoms with van der Waals surface area (Å²) in [6.45, 7) is 3.52. The first-order valence-corrected chi connectivity index (χ1v) is 10.0. The molecule has 0 spiro atoms. The van der Waals surface area contributed by atoms with Gasteiger partial charge in [0.25, 0.3) is 5.91 Å². The van der Waals surface area contributed by atoms with E-state index >= 15 is 0 Å². The van der Waals surface area contributed by atoms with Gasteiger partial charge in [-0.05, 0) is 55.8 Å². The number of carbonyl (C=O) groups excluding carboxylic acids is 3. The topological polar surface area (TPSA) is 84.5 Å². The van der Waals surface area contributed by atoms with Crippen LogP contribution in [0.1, 0.15) is 29.8 Å². The van der Waals surface area contributed by atoms with Gasteiger partial charge in [0.05, 0.1) is 5.56 Å². The van der Waals surface area contributed by atoms with Gasteiger partial charge in [0.1, 0.15) is 0 Å². The Morgan fingerprint density at radius 3 is 2.32 bits per heavy atom. The Kier molecular flexibility index (Phi) is 8.35. The lowest BCUT2D eigenvalue weighted by Crippen LogP contribution is -2.44. The summed E-state index contributed by atoms with van der Waals surface area (Å²) in [6.07, 6.45) is -1.09. The first-order valence-electron chi connectivity index (χ1n) is 8.66. The van der Waals surface area contributed by atoms with Gasteiger partial charge in [-0.2, -0.15) is 0 Å². The van der Waals surface area contributed by atoms with E-state index in [1.807, 2.05) is 36.4 Å². The lowest BCUT2D eigenvalue weighted by Gasteiger charge is -2.13. The number of hydrogen-bond donors (Lipinski definition) is 2. The highest BCUT2D eigenvalue weighted by molar-refractivity contribution is 7.98. The maximum absolute atomic E-state index is 12.2. The van der Waals surface area contributed by atoms with Crippen molar-refractivity contribution in [1.29, 1.82) is 0 Å². The summed E-state index contributed by atoms with van der Waals surface area (Å²) in [5.74, 6) is -0.576. The molecule has 1 unspecified atom stereocenters. The summed E-state index contributed by atoms with van der Waals surface area (Å²) in [5.41, 5.74) is 1.37. The minimum Gasteiger partial charge on any atom is -0.449 e. The lowest BCUT2D eigenvalue weighted by atomic mass is 10.1. The van der Waals surface area contributed by atoms with E-state index in [-0.39, 0.29) is 0 Å². The normalized spacial score (nSPS) is 11.4. The number of imide groups is 1. The van der Waals surface area contributed by atoms with Gasteiger partial charge < -0.3 is 10.1 Å². The molecule has 148 valence electrons. The molecule has 0 bridgehead atoms. The molecule has 2 rings (SSSR count). The fraction of sp³-hybridized carbons (Fsp3) is 0.250. The molecule has 0 aliphatic rings. The molecule has 0 saturated carbocycles. The zero-order valence-corrected chi connectivity index (χ0v) is 17.1. The molecule has 3 amide bonds. The fourth-order valence-electron chi connectivity index (χ4n) is 2.13. The Morgan fingerprint density at radius 1 is 1.07 bits per heavy atom. The van der Waals surface area contributed by atoms with Crippen molar-refractivity contribution in [2.75, 3.05) is 6.54 Å². The third kappa shape index (κ3) is 6.90. The third-order valence-corrected chi connectivity index (χ3v) is 4.97. The lowest BCUT2D eigenvalue weighted by molar-refractivity contribution is -0.127. The van der Waals surface area contributed by atoms with E-state index in [9.17, 15) is 14.4 Å². The zero-order valence-electron chi connectivity index (χ0n) is 15.5. The van der Waals surface area contributed by atoms with Gasteiger partial charge >= 0.3 is 12.0 Å². The van der Waals surface area contributed by atoms with Gasteiger partial charge in [0.15, 0.2) is 6.10 Å². The van der Waals surface area contributed by atoms with Gasteiger partial charge in [-0.15, -0.1) is 11.8 Å². The summed E-state index contributed by atoms with van der Waals surface area (Å²) >= 11 is 7.53. The van der Waals surface area contributed by atoms with Crippen LogP contribution in [-0.4, -0.2) is 30.6 Å². The molecule has 0 radical (unpaired) electrons. The smallest absolute Gasteiger partial charge is 0.338 e. The molecular formula is C20H21ClN2O4S. The second kappa shape index (κ2) is 10.7. The minimum atomic E-state index is -1.09. The van der Waals surface area contributed by atoms with Crippen LogP contribution >= 0.6 is 23.4 Å². The van der Waals surface area contributed by atoms with E-state index in [0.29, 0.717) is 17.1 Å². The van der Waals surface area contributed by atoms with Gasteiger partial charge in [-0.1, -0.05) is 23.7 Å². The number of carbonyl (C=O) groups is 3. The summed E-state index contributed by atoms with van der Waals surface area (Å²) in [7, 11) is 0. The molecule has 2 aromatic rings. The van der Waals surface area contributed by atoms with Gasteiger partial charge in [-0.3, -0.25) is 10.1 Å². The maximum atomic E-state index is 12.2. The Labute approximate surface area is 173 Å². The Bertz CT molecular complexity index is 825. The second-order valence-corrected chi connectivity index (χ2v) is 7.32. The van der Waals surface area contributed by atoms with E-state index in [1.54, 1.807) is 30.8 Å². The van der Waals surface area contributed by atoms with Crippen LogP contribution < -0.4 is 10.6 Å². The van der Waals surface area contributed by atoms with Crippen LogP contribution in [0.4, 0.5) is 4.79 Å². The standard InChI is InChI=1S/C20H21ClN2O4S/c1-3-22-20(26)23-18(24)13(2)27-19(25)15-6-4-14(5-7-15)12-28-17-10-8-16(21)9-11-17/h4-11,13H,3,12H2,1-2H3,(H2,22,23,24,26). The highest BCUT2D eigenvalue weighted by Gasteiger charge is 2.20. The minimum absolute atomic E-state index is 0.331. The van der Waals surface area contributed by atoms with Crippen molar-refractivity contribution >= 4 is 41.3 Å². The zero-order chi connectivity index (χ0) is 20.5. The summed E-state index contributed by atoms with van der Waals surface area (Å²) < 4.78 is 5.11. The molecule has 0 aliphatic carbocycles. The van der Waals surface area contributed by atoms with Crippen molar-refractivity contribution in [1.82, 2.24) is 10.6 Å². The van der Waals surface area contributed by atoms with E-state index < -0.39 is 24.0 Å². The Morgan fingerprint density at radius 2 is 1.71 bits per heavy atom. The van der Waals surface area contributed by atoms with Crippen LogP contribution in [0, 0.1) is 0 Å². The van der Waals surface area contributed by atoms with Gasteiger partial charge in [0, 0.05) is 22.2 Å². The number of rotatable bonds is 7. The molecule has 0 heterocycles. The number of halogens is 1. The number of ether oxygens (including phenoxy) is 1. The van der Waals surface area contributed by atoms with Crippen molar-refractivity contribution in [3.63, 3.8) is 0 Å². The number of nitrogens with one attached hydrogen (secondary N) is 2. The van der Waals surface area contributed by atoms with Crippen molar-refractivity contribution in [3.8, 4) is 0 Å². The molecule has 8 heteroatoms. The van der Waals surface area contributed by atoms with Crippen molar-refractivity contribution in [3.05, 3.63) is 64.7 Å². The van der Waals surface area contributed by atoms with Crippen LogP contribution in [0.15, 0.2) is 53.4 Å². The van der Waals surface area contributed by atoms with Crippen LogP contribution in [-0.2, 0) is 15.3 Å². The first kappa shape index (κ1) is 21.8. The highest BCUT2D eigenvalue weighted by Crippen LogP contribution is 2.24. The molecule has 2 aromatic carbocycles. The van der Waals surface area contributed by atoms with E-state index in [2.05, 4.69) is 10.6 Å². The maximum Gasteiger partial charge on any atom is 0.338 e. The summed E-state index contributed by atoms with van der Waals surface area (Å²) in [6, 6.07) is 13.9. The van der Waals surface area contributed by atoms with Crippen molar-refractivity contribution in [2.45, 2.75) is 30.6 Å². The number of urea groups is 1. The molecule has 6 nitrogen and oxygen atoms in total. The summed E-state index contributed by atoms with van der Waals surface area (Å²) in [4.78, 5) is 36.4. The second-order valence-electron chi connectivity index (χ2n) is 5.84. The molecule has 0 aliphatic heterocycles. The van der Waals surface area contributed by atoms with Crippen LogP contribution in [0.2, 0.25) is 5.02 Å². The quantitative estimate of drug-likeness (QED) is 0.522. The van der Waals surface area contributed by atoms with E-state index in [0.717, 1.165) is 16.2 Å². The van der Waals surface area contributed by atoms with Gasteiger partial charge in [0.2, 0.25) is 0 Å². The molecule has 2 N–H and O–H groups in total. The van der Waals surface area contributed by atoms with Gasteiger partial charge in [-0.25, -0.2) is 9.59 Å². The number of thioether (sulfide) groups is 1. The molecular weight excluding hydrogens is 400 g/mol. The highest BCUT2D eigenvalue weighted by atomic mass is 35.5. The summed E-state index contributed by atoms with van der Waals surface area (Å²) in [5, 5.41) is 5.23. The predicted molar refractivity (Wildman–Crippen MR) is 110 cm³/mol. The average molecular weight is 421 g/mol. The molecule has 0 aromatic heterocycles. The molecule has 28 heavy (non-hydrogen) atoms. The predicted octanol–water partition coefficient (Wildman–Crippen LogP) is 4.02. The third-order valence-electron chi connectivity index (χ3n) is 3.64. The van der Waals surface area contributed by atoms with E-state index in [4.69, 9.17) is 16.3 Å². The van der Waals surface area contributed by atoms with Crippen LogP contribution in [0.3, 0.4) is 0 Å². The molecule has 1 atom stereocenters. The number of benzene rings is 2. The molecule has 0 saturated heterocycles. The number of esters is 1. The largest absolute Gasteiger partial charge is 0.449 e.